The molecule has 3 aromatic rings. The Balaban J connectivity index is 1.77. The van der Waals surface area contributed by atoms with E-state index in [4.69, 9.17) is 0 Å². The molecule has 6 heteroatoms. The van der Waals surface area contributed by atoms with E-state index in [0.717, 1.165) is 27.0 Å². The highest BCUT2D eigenvalue weighted by Gasteiger charge is 2.11. The largest absolute Gasteiger partial charge is 0.324 e. The summed E-state index contributed by atoms with van der Waals surface area (Å²) < 4.78 is 0.946. The molecule has 126 valence electrons. The van der Waals surface area contributed by atoms with Crippen molar-refractivity contribution in [3.05, 3.63) is 76.0 Å². The molecule has 5 nitrogen and oxygen atoms in total. The van der Waals surface area contributed by atoms with Crippen LogP contribution in [0, 0.1) is 13.8 Å². The van der Waals surface area contributed by atoms with Gasteiger partial charge in [-0.25, -0.2) is 9.97 Å². The van der Waals surface area contributed by atoms with Crippen molar-refractivity contribution >= 4 is 39.2 Å². The number of aromatic nitrogens is 2. The third-order valence-electron chi connectivity index (χ3n) is 3.60. The topological polar surface area (TPSA) is 66.9 Å². The predicted octanol–water partition coefficient (Wildman–Crippen LogP) is 4.85. The normalized spacial score (nSPS) is 10.4. The lowest BCUT2D eigenvalue weighted by atomic mass is 10.1. The van der Waals surface area contributed by atoms with Gasteiger partial charge in [-0.2, -0.15) is 0 Å². The molecule has 0 fully saturated rings. The van der Waals surface area contributed by atoms with Gasteiger partial charge in [-0.15, -0.1) is 0 Å². The third kappa shape index (κ3) is 4.42. The monoisotopic (exact) mass is 396 g/mol. The fourth-order valence-electron chi connectivity index (χ4n) is 2.38. The second kappa shape index (κ2) is 7.44. The highest BCUT2D eigenvalue weighted by molar-refractivity contribution is 9.10. The second-order valence-electron chi connectivity index (χ2n) is 5.67. The van der Waals surface area contributed by atoms with Gasteiger partial charge in [0.25, 0.3) is 5.91 Å². The molecule has 1 aromatic heterocycles. The van der Waals surface area contributed by atoms with Crippen molar-refractivity contribution in [1.82, 2.24) is 9.97 Å². The molecular weight excluding hydrogens is 380 g/mol. The van der Waals surface area contributed by atoms with E-state index < -0.39 is 0 Å². The Labute approximate surface area is 154 Å². The standard InChI is InChI=1S/C19H17BrN4O/c1-12-6-7-16(13(2)10-12)23-18(25)17-8-9-21-19(24-17)22-15-5-3-4-14(20)11-15/h3-11H,1-2H3,(H,23,25)(H,21,22,24). The van der Waals surface area contributed by atoms with Crippen molar-refractivity contribution in [3.63, 3.8) is 0 Å². The van der Waals surface area contributed by atoms with Crippen molar-refractivity contribution in [2.75, 3.05) is 10.6 Å². The van der Waals surface area contributed by atoms with Gasteiger partial charge in [0.15, 0.2) is 0 Å². The Morgan fingerprint density at radius 2 is 1.92 bits per heavy atom. The summed E-state index contributed by atoms with van der Waals surface area (Å²) in [6.07, 6.45) is 1.56. The number of benzene rings is 2. The number of anilines is 3. The van der Waals surface area contributed by atoms with E-state index in [1.165, 1.54) is 0 Å². The molecule has 0 aliphatic carbocycles. The second-order valence-corrected chi connectivity index (χ2v) is 6.59. The highest BCUT2D eigenvalue weighted by Crippen LogP contribution is 2.19. The molecule has 2 N–H and O–H groups in total. The minimum Gasteiger partial charge on any atom is -0.324 e. The average Bonchev–Trinajstić information content (AvgIpc) is 2.57. The minimum absolute atomic E-state index is 0.272. The average molecular weight is 397 g/mol. The van der Waals surface area contributed by atoms with Crippen LogP contribution in [0.15, 0.2) is 59.2 Å². The summed E-state index contributed by atoms with van der Waals surface area (Å²) in [5, 5.41) is 5.98. The summed E-state index contributed by atoms with van der Waals surface area (Å²) in [5.41, 5.74) is 4.07. The van der Waals surface area contributed by atoms with E-state index in [1.807, 2.05) is 56.3 Å². The molecule has 0 atom stereocenters. The lowest BCUT2D eigenvalue weighted by molar-refractivity contribution is 0.102. The Morgan fingerprint density at radius 3 is 2.68 bits per heavy atom. The van der Waals surface area contributed by atoms with Crippen LogP contribution in [0.3, 0.4) is 0 Å². The van der Waals surface area contributed by atoms with Gasteiger partial charge in [-0.1, -0.05) is 39.7 Å². The molecule has 0 saturated heterocycles. The van der Waals surface area contributed by atoms with Crippen LogP contribution in [-0.2, 0) is 0 Å². The van der Waals surface area contributed by atoms with Crippen molar-refractivity contribution in [2.24, 2.45) is 0 Å². The van der Waals surface area contributed by atoms with Gasteiger partial charge < -0.3 is 10.6 Å². The molecule has 0 bridgehead atoms. The van der Waals surface area contributed by atoms with Gasteiger partial charge in [-0.05, 0) is 49.7 Å². The molecule has 0 radical (unpaired) electrons. The number of amides is 1. The first-order valence-corrected chi connectivity index (χ1v) is 8.55. The molecule has 0 saturated carbocycles. The fraction of sp³-hybridized carbons (Fsp3) is 0.105. The van der Waals surface area contributed by atoms with Crippen LogP contribution >= 0.6 is 15.9 Å². The Hall–Kier alpha value is -2.73. The molecule has 0 unspecified atom stereocenters. The minimum atomic E-state index is -0.272. The van der Waals surface area contributed by atoms with Crippen LogP contribution in [0.2, 0.25) is 0 Å². The van der Waals surface area contributed by atoms with Crippen LogP contribution in [0.25, 0.3) is 0 Å². The number of halogens is 1. The first kappa shape index (κ1) is 17.1. The maximum Gasteiger partial charge on any atom is 0.274 e. The Morgan fingerprint density at radius 1 is 1.08 bits per heavy atom. The first-order chi connectivity index (χ1) is 12.0. The summed E-state index contributed by atoms with van der Waals surface area (Å²) >= 11 is 3.42. The van der Waals surface area contributed by atoms with Gasteiger partial charge in [0.2, 0.25) is 5.95 Å². The number of nitrogens with zero attached hydrogens (tertiary/aromatic N) is 2. The molecule has 0 aliphatic heterocycles. The number of hydrogen-bond donors (Lipinski definition) is 2. The van der Waals surface area contributed by atoms with E-state index >= 15 is 0 Å². The molecule has 0 spiro atoms. The van der Waals surface area contributed by atoms with E-state index in [0.29, 0.717) is 11.6 Å². The number of aryl methyl sites for hydroxylation is 2. The summed E-state index contributed by atoms with van der Waals surface area (Å²) in [4.78, 5) is 20.9. The van der Waals surface area contributed by atoms with E-state index in [9.17, 15) is 4.79 Å². The maximum atomic E-state index is 12.5. The van der Waals surface area contributed by atoms with Gasteiger partial charge in [0, 0.05) is 22.0 Å². The van der Waals surface area contributed by atoms with Gasteiger partial charge in [0.05, 0.1) is 0 Å². The number of carbonyl (C=O) groups is 1. The van der Waals surface area contributed by atoms with Crippen molar-refractivity contribution in [1.29, 1.82) is 0 Å². The zero-order valence-electron chi connectivity index (χ0n) is 13.9. The zero-order chi connectivity index (χ0) is 17.8. The van der Waals surface area contributed by atoms with Crippen molar-refractivity contribution < 1.29 is 4.79 Å². The SMILES string of the molecule is Cc1ccc(NC(=O)c2ccnc(Nc3cccc(Br)c3)n2)c(C)c1. The lowest BCUT2D eigenvalue weighted by Gasteiger charge is -2.10. The van der Waals surface area contributed by atoms with E-state index in [2.05, 4.69) is 36.5 Å². The van der Waals surface area contributed by atoms with Gasteiger partial charge in [0.1, 0.15) is 5.69 Å². The van der Waals surface area contributed by atoms with Crippen molar-refractivity contribution in [3.8, 4) is 0 Å². The molecule has 25 heavy (non-hydrogen) atoms. The highest BCUT2D eigenvalue weighted by atomic mass is 79.9. The lowest BCUT2D eigenvalue weighted by Crippen LogP contribution is -2.15. The molecule has 0 aliphatic rings. The summed E-state index contributed by atoms with van der Waals surface area (Å²) in [7, 11) is 0. The van der Waals surface area contributed by atoms with Crippen LogP contribution in [-0.4, -0.2) is 15.9 Å². The summed E-state index contributed by atoms with van der Waals surface area (Å²) in [6, 6.07) is 15.1. The van der Waals surface area contributed by atoms with Gasteiger partial charge in [-0.3, -0.25) is 4.79 Å². The van der Waals surface area contributed by atoms with Crippen LogP contribution in [0.5, 0.6) is 0 Å². The number of rotatable bonds is 4. The number of hydrogen-bond acceptors (Lipinski definition) is 4. The predicted molar refractivity (Wildman–Crippen MR) is 103 cm³/mol. The van der Waals surface area contributed by atoms with Crippen molar-refractivity contribution in [2.45, 2.75) is 13.8 Å². The number of nitrogens with one attached hydrogen (secondary N) is 2. The van der Waals surface area contributed by atoms with Crippen LogP contribution < -0.4 is 10.6 Å². The zero-order valence-corrected chi connectivity index (χ0v) is 15.5. The smallest absolute Gasteiger partial charge is 0.274 e. The molecule has 2 aromatic carbocycles. The molecule has 3 rings (SSSR count). The molecule has 1 heterocycles. The number of carbonyl (C=O) groups excluding carboxylic acids is 1. The summed E-state index contributed by atoms with van der Waals surface area (Å²) in [5.74, 6) is 0.0954. The van der Waals surface area contributed by atoms with Crippen LogP contribution in [0.1, 0.15) is 21.6 Å². The van der Waals surface area contributed by atoms with Gasteiger partial charge >= 0.3 is 0 Å². The fourth-order valence-corrected chi connectivity index (χ4v) is 2.78. The quantitative estimate of drug-likeness (QED) is 0.661. The van der Waals surface area contributed by atoms with Crippen LogP contribution in [0.4, 0.5) is 17.3 Å². The Kier molecular flexibility index (Phi) is 5.09. The van der Waals surface area contributed by atoms with E-state index in [-0.39, 0.29) is 5.91 Å². The maximum absolute atomic E-state index is 12.5. The summed E-state index contributed by atoms with van der Waals surface area (Å²) in [6.45, 7) is 3.98. The first-order valence-electron chi connectivity index (χ1n) is 7.75. The Bertz CT molecular complexity index is 927. The van der Waals surface area contributed by atoms with E-state index in [1.54, 1.807) is 12.3 Å². The molecular formula is C19H17BrN4O. The molecule has 1 amide bonds. The third-order valence-corrected chi connectivity index (χ3v) is 4.09.